The third kappa shape index (κ3) is 2.19. The zero-order valence-corrected chi connectivity index (χ0v) is 10.3. The van der Waals surface area contributed by atoms with E-state index in [1.165, 1.54) is 0 Å². The van der Waals surface area contributed by atoms with E-state index in [0.717, 1.165) is 11.0 Å². The summed E-state index contributed by atoms with van der Waals surface area (Å²) in [6.45, 7) is 2.73. The second kappa shape index (κ2) is 4.57. The van der Waals surface area contributed by atoms with Crippen molar-refractivity contribution in [2.75, 3.05) is 0 Å². The van der Waals surface area contributed by atoms with Crippen LogP contribution in [-0.2, 0) is 6.54 Å². The van der Waals surface area contributed by atoms with E-state index in [1.54, 1.807) is 35.5 Å². The summed E-state index contributed by atoms with van der Waals surface area (Å²) < 4.78 is 2.51. The first kappa shape index (κ1) is 11.0. The van der Waals surface area contributed by atoms with E-state index in [2.05, 4.69) is 26.0 Å². The summed E-state index contributed by atoms with van der Waals surface area (Å²) in [7, 11) is 0. The van der Waals surface area contributed by atoms with Crippen LogP contribution < -0.4 is 0 Å². The first-order valence-corrected chi connectivity index (χ1v) is 5.67. The molecule has 2 aromatic heterocycles. The van der Waals surface area contributed by atoms with Crippen LogP contribution in [0.15, 0.2) is 35.3 Å². The van der Waals surface area contributed by atoms with Crippen molar-refractivity contribution in [2.45, 2.75) is 13.5 Å². The molecular weight excluding hydrogens is 270 g/mol. The summed E-state index contributed by atoms with van der Waals surface area (Å²) in [4.78, 5) is 16.0. The van der Waals surface area contributed by atoms with Crippen molar-refractivity contribution >= 4 is 21.7 Å². The summed E-state index contributed by atoms with van der Waals surface area (Å²) in [6.07, 6.45) is 6.51. The second-order valence-electron chi connectivity index (χ2n) is 3.31. The van der Waals surface area contributed by atoms with Gasteiger partial charge in [-0.2, -0.15) is 5.10 Å². The molecule has 16 heavy (non-hydrogen) atoms. The lowest BCUT2D eigenvalue weighted by Crippen LogP contribution is -2.00. The van der Waals surface area contributed by atoms with Crippen LogP contribution in [0, 0.1) is 0 Å². The molecular formula is C11H10BrN3O. The minimum absolute atomic E-state index is 0.0616. The molecule has 5 heteroatoms. The fraction of sp³-hybridized carbons (Fsp3) is 0.182. The van der Waals surface area contributed by atoms with Crippen molar-refractivity contribution in [3.05, 3.63) is 46.5 Å². The van der Waals surface area contributed by atoms with E-state index in [0.29, 0.717) is 11.1 Å². The van der Waals surface area contributed by atoms with Gasteiger partial charge in [-0.15, -0.1) is 0 Å². The van der Waals surface area contributed by atoms with E-state index in [-0.39, 0.29) is 5.78 Å². The van der Waals surface area contributed by atoms with E-state index in [1.807, 2.05) is 6.92 Å². The van der Waals surface area contributed by atoms with Crippen LogP contribution in [0.3, 0.4) is 0 Å². The summed E-state index contributed by atoms with van der Waals surface area (Å²) in [6, 6.07) is 1.75. The largest absolute Gasteiger partial charge is 0.288 e. The quantitative estimate of drug-likeness (QED) is 0.810. The second-order valence-corrected chi connectivity index (χ2v) is 4.22. The molecule has 2 aromatic rings. The van der Waals surface area contributed by atoms with Crippen LogP contribution in [0.5, 0.6) is 0 Å². The highest BCUT2D eigenvalue weighted by Gasteiger charge is 2.11. The minimum Gasteiger partial charge on any atom is -0.288 e. The van der Waals surface area contributed by atoms with E-state index in [9.17, 15) is 4.79 Å². The summed E-state index contributed by atoms with van der Waals surface area (Å²) in [5, 5.41) is 4.07. The van der Waals surface area contributed by atoms with Gasteiger partial charge in [0, 0.05) is 35.2 Å². The predicted octanol–water partition coefficient (Wildman–Crippen LogP) is 2.29. The molecule has 0 saturated heterocycles. The summed E-state index contributed by atoms with van der Waals surface area (Å²) in [5.41, 5.74) is 1.15. The van der Waals surface area contributed by atoms with Gasteiger partial charge in [0.2, 0.25) is 0 Å². The van der Waals surface area contributed by atoms with Gasteiger partial charge < -0.3 is 0 Å². The highest BCUT2D eigenvalue weighted by Crippen LogP contribution is 2.13. The summed E-state index contributed by atoms with van der Waals surface area (Å²) in [5.74, 6) is -0.0616. The molecule has 0 amide bonds. The molecule has 4 nitrogen and oxygen atoms in total. The fourth-order valence-corrected chi connectivity index (χ4v) is 1.72. The Kier molecular flexibility index (Phi) is 3.14. The Hall–Kier alpha value is -1.49. The molecule has 2 rings (SSSR count). The van der Waals surface area contributed by atoms with Crippen molar-refractivity contribution in [3.8, 4) is 0 Å². The van der Waals surface area contributed by atoms with Gasteiger partial charge >= 0.3 is 0 Å². The van der Waals surface area contributed by atoms with Crippen molar-refractivity contribution in [1.29, 1.82) is 0 Å². The van der Waals surface area contributed by atoms with Crippen molar-refractivity contribution in [2.24, 2.45) is 0 Å². The average Bonchev–Trinajstić information content (AvgIpc) is 2.76. The Balaban J connectivity index is 2.31. The Bertz CT molecular complexity index is 521. The Labute approximate surface area is 101 Å². The molecule has 0 radical (unpaired) electrons. The molecule has 0 spiro atoms. The molecule has 82 valence electrons. The number of aryl methyl sites for hydroxylation is 1. The number of nitrogens with zero attached hydrogens (tertiary/aromatic N) is 3. The Morgan fingerprint density at radius 3 is 2.81 bits per heavy atom. The van der Waals surface area contributed by atoms with Crippen molar-refractivity contribution < 1.29 is 4.79 Å². The first-order valence-electron chi connectivity index (χ1n) is 4.88. The molecule has 0 aliphatic rings. The molecule has 0 bridgehead atoms. The van der Waals surface area contributed by atoms with Crippen LogP contribution in [0.1, 0.15) is 22.8 Å². The molecule has 2 heterocycles. The third-order valence-corrected chi connectivity index (χ3v) is 2.62. The van der Waals surface area contributed by atoms with Gasteiger partial charge in [-0.25, -0.2) is 0 Å². The number of pyridine rings is 1. The standard InChI is InChI=1S/C11H10BrN3O/c1-2-15-7-9(5-14-15)11(16)8-3-10(12)6-13-4-8/h3-7H,2H2,1H3. The molecule has 0 fully saturated rings. The molecule has 0 saturated carbocycles. The van der Waals surface area contributed by atoms with E-state index < -0.39 is 0 Å². The minimum atomic E-state index is -0.0616. The molecule has 0 aliphatic carbocycles. The number of halogens is 1. The SMILES string of the molecule is CCn1cc(C(=O)c2cncc(Br)c2)cn1. The normalized spacial score (nSPS) is 10.4. The predicted molar refractivity (Wildman–Crippen MR) is 63.3 cm³/mol. The summed E-state index contributed by atoms with van der Waals surface area (Å²) >= 11 is 3.29. The topological polar surface area (TPSA) is 47.8 Å². The molecule has 0 atom stereocenters. The van der Waals surface area contributed by atoms with Gasteiger partial charge in [-0.05, 0) is 28.9 Å². The van der Waals surface area contributed by atoms with E-state index >= 15 is 0 Å². The fourth-order valence-electron chi connectivity index (χ4n) is 1.36. The molecule has 0 unspecified atom stereocenters. The van der Waals surface area contributed by atoms with Gasteiger partial charge in [-0.1, -0.05) is 0 Å². The van der Waals surface area contributed by atoms with Gasteiger partial charge in [-0.3, -0.25) is 14.5 Å². The number of ketones is 1. The zero-order chi connectivity index (χ0) is 11.5. The average molecular weight is 280 g/mol. The van der Waals surface area contributed by atoms with Gasteiger partial charge in [0.1, 0.15) is 0 Å². The maximum atomic E-state index is 12.0. The van der Waals surface area contributed by atoms with Gasteiger partial charge in [0.15, 0.2) is 5.78 Å². The number of rotatable bonds is 3. The number of carbonyl (C=O) groups excluding carboxylic acids is 1. The van der Waals surface area contributed by atoms with Gasteiger partial charge in [0.05, 0.1) is 11.8 Å². The lowest BCUT2D eigenvalue weighted by molar-refractivity contribution is 0.103. The zero-order valence-electron chi connectivity index (χ0n) is 8.72. The number of hydrogen-bond acceptors (Lipinski definition) is 3. The van der Waals surface area contributed by atoms with Crippen LogP contribution in [-0.4, -0.2) is 20.5 Å². The van der Waals surface area contributed by atoms with E-state index in [4.69, 9.17) is 0 Å². The smallest absolute Gasteiger partial charge is 0.197 e. The highest BCUT2D eigenvalue weighted by atomic mass is 79.9. The lowest BCUT2D eigenvalue weighted by Gasteiger charge is -1.97. The maximum absolute atomic E-state index is 12.0. The molecule has 0 aromatic carbocycles. The number of hydrogen-bond donors (Lipinski definition) is 0. The third-order valence-electron chi connectivity index (χ3n) is 2.19. The van der Waals surface area contributed by atoms with Crippen LogP contribution in [0.2, 0.25) is 0 Å². The molecule has 0 N–H and O–H groups in total. The van der Waals surface area contributed by atoms with Crippen molar-refractivity contribution in [3.63, 3.8) is 0 Å². The monoisotopic (exact) mass is 279 g/mol. The van der Waals surface area contributed by atoms with Crippen LogP contribution in [0.4, 0.5) is 0 Å². The highest BCUT2D eigenvalue weighted by molar-refractivity contribution is 9.10. The number of carbonyl (C=O) groups is 1. The molecule has 0 aliphatic heterocycles. The first-order chi connectivity index (χ1) is 7.70. The Morgan fingerprint density at radius 2 is 2.19 bits per heavy atom. The van der Waals surface area contributed by atoms with Crippen molar-refractivity contribution in [1.82, 2.24) is 14.8 Å². The lowest BCUT2D eigenvalue weighted by atomic mass is 10.1. The number of aromatic nitrogens is 3. The van der Waals surface area contributed by atoms with Crippen LogP contribution in [0.25, 0.3) is 0 Å². The van der Waals surface area contributed by atoms with Crippen LogP contribution >= 0.6 is 15.9 Å². The Morgan fingerprint density at radius 1 is 1.38 bits per heavy atom. The maximum Gasteiger partial charge on any atom is 0.197 e. The van der Waals surface area contributed by atoms with Gasteiger partial charge in [0.25, 0.3) is 0 Å².